The molecule has 0 bridgehead atoms. The maximum atomic E-state index is 12.4. The van der Waals surface area contributed by atoms with Crippen molar-refractivity contribution in [2.24, 2.45) is 11.5 Å². The van der Waals surface area contributed by atoms with E-state index in [1.54, 1.807) is 24.3 Å². The molecule has 0 radical (unpaired) electrons. The predicted molar refractivity (Wildman–Crippen MR) is 230 cm³/mol. The van der Waals surface area contributed by atoms with Crippen LogP contribution in [0.1, 0.15) is 49.4 Å². The summed E-state index contributed by atoms with van der Waals surface area (Å²) in [6.45, 7) is 3.65. The number of nitrogens with two attached hydrogens (primary N) is 2. The summed E-state index contributed by atoms with van der Waals surface area (Å²) in [4.78, 5) is 54.1. The second kappa shape index (κ2) is 25.5. The number of aliphatic carboxylic acids is 2. The lowest BCUT2D eigenvalue weighted by molar-refractivity contribution is -0.193. The van der Waals surface area contributed by atoms with Crippen molar-refractivity contribution in [3.8, 4) is 39.6 Å². The molecule has 1 amide bonds. The van der Waals surface area contributed by atoms with Crippen LogP contribution in [0.15, 0.2) is 58.9 Å². The Morgan fingerprint density at radius 1 is 0.924 bits per heavy atom. The number of halogens is 7. The lowest BCUT2D eigenvalue weighted by atomic mass is 9.96. The van der Waals surface area contributed by atoms with Crippen molar-refractivity contribution in [1.82, 2.24) is 15.3 Å². The van der Waals surface area contributed by atoms with Gasteiger partial charge in [0.15, 0.2) is 0 Å². The molecule has 1 saturated heterocycles. The molecular formula is C41H41ClF6N8O8S2. The number of carbonyl (C=O) groups excluding carboxylic acids is 2. The van der Waals surface area contributed by atoms with Crippen LogP contribution in [-0.4, -0.2) is 101 Å². The number of anilines is 1. The first-order valence-corrected chi connectivity index (χ1v) is 21.6. The summed E-state index contributed by atoms with van der Waals surface area (Å²) in [5, 5.41) is 41.6. The van der Waals surface area contributed by atoms with Crippen LogP contribution in [0.4, 0.5) is 32.2 Å². The van der Waals surface area contributed by atoms with Gasteiger partial charge >= 0.3 is 30.3 Å². The highest BCUT2D eigenvalue weighted by Crippen LogP contribution is 2.40. The minimum Gasteiger partial charge on any atom is -0.490 e. The molecular weight excluding hydrogens is 946 g/mol. The number of benzene rings is 2. The Kier molecular flexibility index (Phi) is 20.9. The van der Waals surface area contributed by atoms with E-state index in [1.807, 2.05) is 29.6 Å². The number of nitrogens with one attached hydrogen (secondary N) is 1. The second-order valence-corrected chi connectivity index (χ2v) is 15.9. The van der Waals surface area contributed by atoms with E-state index in [9.17, 15) is 46.5 Å². The van der Waals surface area contributed by atoms with Crippen molar-refractivity contribution < 1.29 is 65.2 Å². The van der Waals surface area contributed by atoms with Gasteiger partial charge in [-0.1, -0.05) is 54.0 Å². The van der Waals surface area contributed by atoms with Gasteiger partial charge in [0.1, 0.15) is 58.6 Å². The number of nitriles is 2. The quantitative estimate of drug-likeness (QED) is 0.0311. The molecule has 4 aromatic rings. The number of rotatable bonds is 17. The van der Waals surface area contributed by atoms with Gasteiger partial charge in [-0.25, -0.2) is 24.4 Å². The van der Waals surface area contributed by atoms with E-state index in [4.69, 9.17) is 62.3 Å². The molecule has 2 atom stereocenters. The maximum absolute atomic E-state index is 12.4. The average Bonchev–Trinajstić information content (AvgIpc) is 3.72. The number of amides is 1. The van der Waals surface area contributed by atoms with Gasteiger partial charge < -0.3 is 41.4 Å². The zero-order valence-corrected chi connectivity index (χ0v) is 37.0. The minimum absolute atomic E-state index is 0.0369. The Morgan fingerprint density at radius 3 is 2.02 bits per heavy atom. The van der Waals surface area contributed by atoms with Crippen molar-refractivity contribution in [2.45, 2.75) is 67.8 Å². The molecule has 1 aliphatic rings. The molecule has 0 spiro atoms. The van der Waals surface area contributed by atoms with Gasteiger partial charge in [0.25, 0.3) is 0 Å². The van der Waals surface area contributed by atoms with Crippen LogP contribution in [0.25, 0.3) is 21.7 Å². The predicted octanol–water partition coefficient (Wildman–Crippen LogP) is 6.92. The van der Waals surface area contributed by atoms with Gasteiger partial charge in [0, 0.05) is 40.4 Å². The summed E-state index contributed by atoms with van der Waals surface area (Å²) in [6, 6.07) is 17.6. The summed E-state index contributed by atoms with van der Waals surface area (Å²) >= 11 is 8.99. The van der Waals surface area contributed by atoms with E-state index in [0.717, 1.165) is 48.6 Å². The molecule has 2 aromatic heterocycles. The molecule has 25 heteroatoms. The van der Waals surface area contributed by atoms with E-state index in [1.165, 1.54) is 30.0 Å². The van der Waals surface area contributed by atoms with E-state index < -0.39 is 48.3 Å². The first-order valence-electron chi connectivity index (χ1n) is 19.3. The highest BCUT2D eigenvalue weighted by Gasteiger charge is 2.39. The number of alkyl halides is 6. The number of unbranched alkanes of at least 4 members (excludes halogenated alkanes) is 1. The first-order chi connectivity index (χ1) is 31.1. The molecule has 16 nitrogen and oxygen atoms in total. The van der Waals surface area contributed by atoms with E-state index in [-0.39, 0.29) is 13.2 Å². The summed E-state index contributed by atoms with van der Waals surface area (Å²) < 4.78 is 74.5. The fourth-order valence-electron chi connectivity index (χ4n) is 5.32. The second-order valence-electron chi connectivity index (χ2n) is 13.6. The summed E-state index contributed by atoms with van der Waals surface area (Å²) in [6.07, 6.45) is -7.19. The molecule has 1 aliphatic heterocycles. The molecule has 0 aliphatic carbocycles. The number of carboxylic acids is 2. The van der Waals surface area contributed by atoms with Crippen LogP contribution < -0.4 is 26.4 Å². The molecule has 354 valence electrons. The number of hydrogen-bond acceptors (Lipinski definition) is 15. The lowest BCUT2D eigenvalue weighted by Gasteiger charge is -2.33. The Bertz CT molecular complexity index is 2350. The zero-order valence-electron chi connectivity index (χ0n) is 34.6. The maximum Gasteiger partial charge on any atom is 0.490 e. The third-order valence-corrected chi connectivity index (χ3v) is 11.0. The molecule has 7 N–H and O–H groups in total. The summed E-state index contributed by atoms with van der Waals surface area (Å²) in [7, 11) is 0. The molecule has 1 fully saturated rings. The largest absolute Gasteiger partial charge is 0.490 e. The van der Waals surface area contributed by atoms with Gasteiger partial charge in [-0.05, 0) is 62.6 Å². The average molecular weight is 987 g/mol. The normalized spacial score (nSPS) is 12.9. The molecule has 3 heterocycles. The van der Waals surface area contributed by atoms with Crippen molar-refractivity contribution in [1.29, 1.82) is 10.5 Å². The smallest absolute Gasteiger partial charge is 0.490 e. The Hall–Kier alpha value is -6.18. The standard InChI is InChI=1S/C37H39ClN8O4S2.2C2HF3O2/c1-23(43-34(47)31(42)5-2-3-14-39)37(48)50-18-17-49-28-12-8-24(9-13-28)32-29(19-40)33(46-15-4-16-46)45-36(30(32)20-41)52-22-27-21-51-35(44-27)25-6-10-26(38)11-7-25;2*3-2(4,5)1(6)7/h6-13,21,23,31H,2-5,14-18,22,39,42H2,1H3,(H,43,47);2*(H,6,7)/t23-,31-;;/m0../s1. The van der Waals surface area contributed by atoms with E-state index >= 15 is 0 Å². The van der Waals surface area contributed by atoms with Crippen molar-refractivity contribution >= 4 is 64.3 Å². The monoisotopic (exact) mass is 986 g/mol. The molecule has 5 rings (SSSR count). The van der Waals surface area contributed by atoms with Crippen molar-refractivity contribution in [3.63, 3.8) is 0 Å². The molecule has 66 heavy (non-hydrogen) atoms. The highest BCUT2D eigenvalue weighted by molar-refractivity contribution is 7.98. The molecule has 0 unspecified atom stereocenters. The number of thioether (sulfide) groups is 1. The third-order valence-electron chi connectivity index (χ3n) is 8.77. The van der Waals surface area contributed by atoms with Crippen LogP contribution in [-0.2, 0) is 29.7 Å². The number of carbonyl (C=O) groups is 4. The zero-order chi connectivity index (χ0) is 49.2. The number of aromatic nitrogens is 2. The minimum atomic E-state index is -5.08. The number of hydrogen-bond donors (Lipinski definition) is 5. The van der Waals surface area contributed by atoms with Crippen molar-refractivity contribution in [3.05, 3.63) is 75.8 Å². The molecule has 0 saturated carbocycles. The van der Waals surface area contributed by atoms with Gasteiger partial charge in [-0.3, -0.25) is 4.79 Å². The first kappa shape index (κ1) is 54.2. The SMILES string of the molecule is C[C@H](NC(=O)[C@@H](N)CCCCN)C(=O)OCCOc1ccc(-c2c(C#N)c(SCc3csc(-c4ccc(Cl)cc4)n3)nc(N3CCC3)c2C#N)cc1.O=C(O)C(F)(F)F.O=C(O)C(F)(F)F. The number of pyridine rings is 1. The number of ether oxygens (including phenoxy) is 2. The Morgan fingerprint density at radius 2 is 1.50 bits per heavy atom. The fourth-order valence-corrected chi connectivity index (χ4v) is 7.25. The number of nitrogens with zero attached hydrogens (tertiary/aromatic N) is 5. The van der Waals surface area contributed by atoms with Crippen LogP contribution in [0.2, 0.25) is 5.02 Å². The van der Waals surface area contributed by atoms with Crippen LogP contribution in [0.3, 0.4) is 0 Å². The number of carboxylic acid groups (broad SMARTS) is 2. The number of esters is 1. The van der Waals surface area contributed by atoms with Gasteiger partial charge in [-0.2, -0.15) is 36.9 Å². The fraction of sp³-hybridized carbons (Fsp3) is 0.366. The Labute approximate surface area is 386 Å². The Balaban J connectivity index is 0.000000715. The van der Waals surface area contributed by atoms with Gasteiger partial charge in [0.2, 0.25) is 5.91 Å². The highest BCUT2D eigenvalue weighted by atomic mass is 35.5. The van der Waals surface area contributed by atoms with Gasteiger partial charge in [-0.15, -0.1) is 11.3 Å². The summed E-state index contributed by atoms with van der Waals surface area (Å²) in [5.41, 5.74) is 15.1. The molecule has 2 aromatic carbocycles. The lowest BCUT2D eigenvalue weighted by Crippen LogP contribution is -2.47. The van der Waals surface area contributed by atoms with Crippen LogP contribution in [0, 0.1) is 22.7 Å². The third kappa shape index (κ3) is 16.7. The van der Waals surface area contributed by atoms with E-state index in [0.29, 0.717) is 62.6 Å². The van der Waals surface area contributed by atoms with Crippen LogP contribution >= 0.6 is 34.7 Å². The topological polar surface area (TPSA) is 268 Å². The van der Waals surface area contributed by atoms with Crippen LogP contribution in [0.5, 0.6) is 5.75 Å². The van der Waals surface area contributed by atoms with Gasteiger partial charge in [0.05, 0.1) is 17.3 Å². The summed E-state index contributed by atoms with van der Waals surface area (Å²) in [5.74, 6) is -4.98. The van der Waals surface area contributed by atoms with E-state index in [2.05, 4.69) is 22.4 Å². The van der Waals surface area contributed by atoms with Crippen molar-refractivity contribution in [2.75, 3.05) is 37.7 Å². The number of thiazole rings is 1.